The van der Waals surface area contributed by atoms with Gasteiger partial charge in [-0.05, 0) is 6.92 Å². The van der Waals surface area contributed by atoms with Crippen molar-refractivity contribution in [1.29, 1.82) is 0 Å². The maximum absolute atomic E-state index is 15.2. The molecule has 1 aliphatic heterocycles. The number of rotatable bonds is 9. The number of nitrogens with zero attached hydrogens (tertiary/aromatic N) is 2. The van der Waals surface area contributed by atoms with E-state index in [1.165, 1.54) is 0 Å². The lowest BCUT2D eigenvalue weighted by molar-refractivity contribution is -0.0858. The summed E-state index contributed by atoms with van der Waals surface area (Å²) in [5.74, 6) is -2.21. The van der Waals surface area contributed by atoms with Gasteiger partial charge in [-0.25, -0.2) is 31.7 Å². The third-order valence-corrected chi connectivity index (χ3v) is 8.00. The van der Waals surface area contributed by atoms with Crippen molar-refractivity contribution in [2.45, 2.75) is 37.1 Å². The van der Waals surface area contributed by atoms with E-state index >= 15 is 4.39 Å². The normalized spacial score (nSPS) is 30.5. The Morgan fingerprint density at radius 1 is 1.27 bits per heavy atom. The molecule has 16 nitrogen and oxygen atoms in total. The van der Waals surface area contributed by atoms with Crippen molar-refractivity contribution in [2.75, 3.05) is 12.4 Å². The van der Waals surface area contributed by atoms with Crippen LogP contribution in [0.1, 0.15) is 13.2 Å². The van der Waals surface area contributed by atoms with Gasteiger partial charge in [-0.3, -0.25) is 9.09 Å². The van der Waals surface area contributed by atoms with Gasteiger partial charge in [-0.15, -0.1) is 0 Å². The first-order valence-electron chi connectivity index (χ1n) is 8.26. The highest BCUT2D eigenvalue weighted by molar-refractivity contribution is 7.66. The number of phosphoric acid groups is 3. The molecular weight excluding hydrogens is 532 g/mol. The number of anilines is 1. The predicted octanol–water partition coefficient (Wildman–Crippen LogP) is -0.368. The Bertz CT molecular complexity index is 1100. The van der Waals surface area contributed by atoms with E-state index in [-0.39, 0.29) is 4.57 Å². The van der Waals surface area contributed by atoms with Crippen LogP contribution in [0.2, 0.25) is 0 Å². The lowest BCUT2D eigenvalue weighted by atomic mass is 9.95. The zero-order chi connectivity index (χ0) is 25.6. The Hall–Kier alpha value is -1.20. The number of hydrogen-bond donors (Lipinski definition) is 6. The molecule has 7 N–H and O–H groups in total. The maximum atomic E-state index is 15.2. The highest BCUT2D eigenvalue weighted by Crippen LogP contribution is 2.66. The molecule has 7 atom stereocenters. The number of aromatic nitrogens is 2. The van der Waals surface area contributed by atoms with Crippen molar-refractivity contribution in [3.8, 4) is 0 Å². The summed E-state index contributed by atoms with van der Waals surface area (Å²) in [5.41, 5.74) is 0.231. The summed E-state index contributed by atoms with van der Waals surface area (Å²) >= 11 is 0. The standard InChI is InChI=1S/C11H17F3N3O13P3/c1-4(28-32(23,24)30-33(25,26)29-31(20,21)22)6-7(18)11(14,3-12)9(27-6)17-2-5(13)8(15)16-10(17)19/h2,4,6-7,9,18H,3H2,1H3,(H,23,24)(H,25,26)(H2,15,16,19)(H2,20,21,22)/t4-,6+,7?,9+,11+/m0/s1. The van der Waals surface area contributed by atoms with Gasteiger partial charge in [0.25, 0.3) is 0 Å². The number of nitrogens with two attached hydrogens (primary N) is 1. The molecule has 0 bridgehead atoms. The van der Waals surface area contributed by atoms with Crippen LogP contribution in [0, 0.1) is 5.82 Å². The lowest BCUT2D eigenvalue weighted by Crippen LogP contribution is -2.48. The van der Waals surface area contributed by atoms with E-state index < -0.39 is 77.7 Å². The first-order chi connectivity index (χ1) is 14.8. The number of aliphatic hydroxyl groups is 1. The highest BCUT2D eigenvalue weighted by atomic mass is 31.3. The molecule has 1 aromatic heterocycles. The molecule has 33 heavy (non-hydrogen) atoms. The van der Waals surface area contributed by atoms with Gasteiger partial charge in [-0.2, -0.15) is 13.6 Å². The average Bonchev–Trinajstić information content (AvgIpc) is 2.87. The molecule has 190 valence electrons. The van der Waals surface area contributed by atoms with Crippen molar-refractivity contribution >= 4 is 29.3 Å². The molecular formula is C11H17F3N3O13P3. The molecule has 0 spiro atoms. The van der Waals surface area contributed by atoms with Gasteiger partial charge < -0.3 is 35.2 Å². The third kappa shape index (κ3) is 6.48. The van der Waals surface area contributed by atoms with E-state index in [0.29, 0.717) is 6.20 Å². The largest absolute Gasteiger partial charge is 0.490 e. The van der Waals surface area contributed by atoms with Gasteiger partial charge in [0.1, 0.15) is 18.9 Å². The second-order valence-corrected chi connectivity index (χ2v) is 10.9. The summed E-state index contributed by atoms with van der Waals surface area (Å²) in [5, 5.41) is 10.2. The van der Waals surface area contributed by atoms with Gasteiger partial charge in [0.05, 0.1) is 12.3 Å². The Labute approximate surface area is 181 Å². The van der Waals surface area contributed by atoms with Gasteiger partial charge in [0, 0.05) is 0 Å². The van der Waals surface area contributed by atoms with Gasteiger partial charge in [0.2, 0.25) is 5.67 Å². The number of nitrogen functional groups attached to an aromatic ring is 1. The minimum absolute atomic E-state index is 0.117. The Kier molecular flexibility index (Phi) is 8.03. The Morgan fingerprint density at radius 2 is 1.85 bits per heavy atom. The van der Waals surface area contributed by atoms with E-state index in [2.05, 4.69) is 18.1 Å². The minimum atomic E-state index is -5.89. The minimum Gasteiger partial charge on any atom is -0.387 e. The first-order valence-corrected chi connectivity index (χ1v) is 12.8. The molecule has 1 fully saturated rings. The third-order valence-electron chi connectivity index (χ3n) is 4.07. The second-order valence-electron chi connectivity index (χ2n) is 6.52. The van der Waals surface area contributed by atoms with Crippen molar-refractivity contribution in [2.24, 2.45) is 0 Å². The molecule has 0 radical (unpaired) electrons. The van der Waals surface area contributed by atoms with Crippen LogP contribution in [-0.2, 0) is 31.6 Å². The Morgan fingerprint density at radius 3 is 2.36 bits per heavy atom. The fourth-order valence-corrected chi connectivity index (χ4v) is 5.96. The topological polar surface area (TPSA) is 250 Å². The van der Waals surface area contributed by atoms with E-state index in [4.69, 9.17) is 25.2 Å². The molecule has 0 saturated carbocycles. The van der Waals surface area contributed by atoms with Crippen LogP contribution in [0.5, 0.6) is 0 Å². The van der Waals surface area contributed by atoms with E-state index in [1.807, 2.05) is 0 Å². The summed E-state index contributed by atoms with van der Waals surface area (Å²) in [6.45, 7) is -1.21. The van der Waals surface area contributed by atoms with Crippen LogP contribution in [0.4, 0.5) is 19.0 Å². The van der Waals surface area contributed by atoms with Crippen LogP contribution in [0.15, 0.2) is 11.0 Å². The monoisotopic (exact) mass is 549 g/mol. The molecule has 3 unspecified atom stereocenters. The fraction of sp³-hybridized carbons (Fsp3) is 0.636. The number of aliphatic hydroxyl groups excluding tert-OH is 1. The van der Waals surface area contributed by atoms with E-state index in [1.54, 1.807) is 0 Å². The van der Waals surface area contributed by atoms with Gasteiger partial charge in [0.15, 0.2) is 17.9 Å². The summed E-state index contributed by atoms with van der Waals surface area (Å²) < 4.78 is 92.9. The second kappa shape index (κ2) is 9.45. The van der Waals surface area contributed by atoms with Crippen LogP contribution in [0.25, 0.3) is 0 Å². The van der Waals surface area contributed by atoms with Crippen molar-refractivity contribution in [3.63, 3.8) is 0 Å². The number of hydrogen-bond acceptors (Lipinski definition) is 11. The number of halogens is 3. The van der Waals surface area contributed by atoms with Gasteiger partial charge in [-0.1, -0.05) is 0 Å². The molecule has 0 aliphatic carbocycles. The zero-order valence-corrected chi connectivity index (χ0v) is 18.7. The molecule has 2 heterocycles. The number of phosphoric ester groups is 1. The molecule has 2 rings (SSSR count). The smallest absolute Gasteiger partial charge is 0.387 e. The van der Waals surface area contributed by atoms with Crippen LogP contribution < -0.4 is 11.4 Å². The summed E-state index contributed by atoms with van der Waals surface area (Å²) in [6, 6.07) is 0. The molecule has 1 aliphatic rings. The fourth-order valence-electron chi connectivity index (χ4n) is 2.76. The lowest BCUT2D eigenvalue weighted by Gasteiger charge is -2.27. The quantitative estimate of drug-likeness (QED) is 0.215. The SMILES string of the molecule is C[C@H](OP(=O)(O)OP(=O)(O)OP(=O)(O)O)[C@H]1O[C@@H](n2cc(F)c(N)nc2=O)[C@@](F)(CF)C1O. The number of alkyl halides is 2. The summed E-state index contributed by atoms with van der Waals surface area (Å²) in [6.07, 6.45) is -8.69. The van der Waals surface area contributed by atoms with Crippen molar-refractivity contribution in [3.05, 3.63) is 22.5 Å². The maximum Gasteiger partial charge on any atom is 0.490 e. The molecule has 0 aromatic carbocycles. The molecule has 0 amide bonds. The predicted molar refractivity (Wildman–Crippen MR) is 97.0 cm³/mol. The van der Waals surface area contributed by atoms with Crippen LogP contribution in [-0.4, -0.2) is 64.9 Å². The van der Waals surface area contributed by atoms with Crippen molar-refractivity contribution in [1.82, 2.24) is 9.55 Å². The summed E-state index contributed by atoms with van der Waals surface area (Å²) in [4.78, 5) is 50.6. The van der Waals surface area contributed by atoms with E-state index in [9.17, 15) is 37.3 Å². The van der Waals surface area contributed by atoms with Crippen molar-refractivity contribution < 1.29 is 69.4 Å². The molecule has 1 aromatic rings. The van der Waals surface area contributed by atoms with Crippen LogP contribution >= 0.6 is 23.5 Å². The summed E-state index contributed by atoms with van der Waals surface area (Å²) in [7, 11) is -17.3. The first kappa shape index (κ1) is 28.0. The number of ether oxygens (including phenoxy) is 1. The van der Waals surface area contributed by atoms with Gasteiger partial charge >= 0.3 is 29.2 Å². The van der Waals surface area contributed by atoms with E-state index in [0.717, 1.165) is 6.92 Å². The average molecular weight is 549 g/mol. The Balaban J connectivity index is 2.29. The molecule has 1 saturated heterocycles. The zero-order valence-electron chi connectivity index (χ0n) is 16.0. The highest BCUT2D eigenvalue weighted by Gasteiger charge is 2.61. The van der Waals surface area contributed by atoms with Crippen LogP contribution in [0.3, 0.4) is 0 Å². The molecule has 22 heteroatoms.